The number of nitrogens with zero attached hydrogens (tertiary/aromatic N) is 5. The molecule has 0 aliphatic carbocycles. The van der Waals surface area contributed by atoms with Crippen LogP contribution in [0.2, 0.25) is 5.02 Å². The summed E-state index contributed by atoms with van der Waals surface area (Å²) in [6, 6.07) is 10.1. The molecule has 4 rings (SSSR count). The first-order valence-electron chi connectivity index (χ1n) is 12.7. The van der Waals surface area contributed by atoms with Gasteiger partial charge in [-0.1, -0.05) is 41.0 Å². The van der Waals surface area contributed by atoms with Crippen LogP contribution in [0.15, 0.2) is 66.0 Å². The van der Waals surface area contributed by atoms with Gasteiger partial charge in [0, 0.05) is 21.4 Å². The van der Waals surface area contributed by atoms with Gasteiger partial charge in [-0.15, -0.1) is 0 Å². The predicted octanol–water partition coefficient (Wildman–Crippen LogP) is 6.51. The SMILES string of the molecule is CC1(C)OCC(CCc2c(F)cncc2NC(=O)C(N=[N+]=[N-])C(c2ccc(Cl)cc2)c2cccc(F)c2)N1C(=O)O. The number of anilines is 1. The first-order chi connectivity index (χ1) is 19.5. The van der Waals surface area contributed by atoms with Gasteiger partial charge in [0.05, 0.1) is 30.7 Å². The summed E-state index contributed by atoms with van der Waals surface area (Å²) >= 11 is 6.04. The van der Waals surface area contributed by atoms with Gasteiger partial charge in [-0.25, -0.2) is 13.6 Å². The van der Waals surface area contributed by atoms with E-state index in [1.165, 1.54) is 29.3 Å². The highest BCUT2D eigenvalue weighted by Crippen LogP contribution is 2.34. The van der Waals surface area contributed by atoms with Crippen molar-refractivity contribution in [3.05, 3.63) is 105 Å². The molecule has 1 aliphatic rings. The van der Waals surface area contributed by atoms with Gasteiger partial charge < -0.3 is 15.2 Å². The number of carbonyl (C=O) groups is 2. The fraction of sp³-hybridized carbons (Fsp3) is 0.321. The zero-order valence-electron chi connectivity index (χ0n) is 22.2. The number of azide groups is 1. The summed E-state index contributed by atoms with van der Waals surface area (Å²) in [6.45, 7) is 3.39. The number of hydrogen-bond donors (Lipinski definition) is 2. The number of carbonyl (C=O) groups excluding carboxylic acids is 1. The van der Waals surface area contributed by atoms with E-state index in [1.807, 2.05) is 0 Å². The number of nitrogens with one attached hydrogen (secondary N) is 1. The van der Waals surface area contributed by atoms with Crippen molar-refractivity contribution in [3.63, 3.8) is 0 Å². The third-order valence-corrected chi connectivity index (χ3v) is 7.22. The summed E-state index contributed by atoms with van der Waals surface area (Å²) in [5.74, 6) is -2.95. The second-order valence-corrected chi connectivity index (χ2v) is 10.4. The number of carboxylic acid groups (broad SMARTS) is 1. The fourth-order valence-corrected chi connectivity index (χ4v) is 5.20. The number of halogens is 3. The van der Waals surface area contributed by atoms with Crippen LogP contribution < -0.4 is 5.32 Å². The largest absolute Gasteiger partial charge is 0.465 e. The summed E-state index contributed by atoms with van der Waals surface area (Å²) in [5, 5.41) is 16.5. The van der Waals surface area contributed by atoms with Crippen molar-refractivity contribution in [2.75, 3.05) is 11.9 Å². The summed E-state index contributed by atoms with van der Waals surface area (Å²) in [6.07, 6.45) is 1.34. The Morgan fingerprint density at radius 2 is 1.98 bits per heavy atom. The Kier molecular flexibility index (Phi) is 9.07. The zero-order chi connectivity index (χ0) is 29.7. The molecule has 2 amide bonds. The topological polar surface area (TPSA) is 141 Å². The van der Waals surface area contributed by atoms with Crippen LogP contribution in [-0.4, -0.2) is 51.4 Å². The number of rotatable bonds is 9. The summed E-state index contributed by atoms with van der Waals surface area (Å²) in [7, 11) is 0. The predicted molar refractivity (Wildman–Crippen MR) is 147 cm³/mol. The first-order valence-corrected chi connectivity index (χ1v) is 13.0. The van der Waals surface area contributed by atoms with Crippen molar-refractivity contribution in [1.29, 1.82) is 0 Å². The van der Waals surface area contributed by atoms with Crippen LogP contribution in [0.25, 0.3) is 10.4 Å². The zero-order valence-corrected chi connectivity index (χ0v) is 22.9. The molecule has 1 fully saturated rings. The molecule has 1 aromatic heterocycles. The maximum absolute atomic E-state index is 15.0. The molecule has 41 heavy (non-hydrogen) atoms. The van der Waals surface area contributed by atoms with Gasteiger partial charge in [0.25, 0.3) is 0 Å². The van der Waals surface area contributed by atoms with E-state index in [0.29, 0.717) is 16.1 Å². The minimum atomic E-state index is -1.41. The summed E-state index contributed by atoms with van der Waals surface area (Å²) in [5.41, 5.74) is 9.34. The molecule has 0 radical (unpaired) electrons. The van der Waals surface area contributed by atoms with E-state index in [2.05, 4.69) is 20.3 Å². The van der Waals surface area contributed by atoms with Crippen LogP contribution in [0.1, 0.15) is 42.9 Å². The fourth-order valence-electron chi connectivity index (χ4n) is 5.08. The highest BCUT2D eigenvalue weighted by Gasteiger charge is 2.43. The Bertz CT molecular complexity index is 1480. The quantitative estimate of drug-likeness (QED) is 0.167. The normalized spacial score (nSPS) is 17.4. The van der Waals surface area contributed by atoms with Gasteiger partial charge in [-0.2, -0.15) is 0 Å². The van der Waals surface area contributed by atoms with Gasteiger partial charge in [0.2, 0.25) is 5.91 Å². The molecule has 0 saturated carbocycles. The number of ether oxygens (including phenoxy) is 1. The lowest BCUT2D eigenvalue weighted by atomic mass is 9.84. The average Bonchev–Trinajstić information content (AvgIpc) is 3.23. The Morgan fingerprint density at radius 1 is 1.24 bits per heavy atom. The van der Waals surface area contributed by atoms with Crippen molar-refractivity contribution in [2.24, 2.45) is 5.11 Å². The first kappa shape index (κ1) is 29.7. The minimum Gasteiger partial charge on any atom is -0.465 e. The van der Waals surface area contributed by atoms with Crippen molar-refractivity contribution in [1.82, 2.24) is 9.88 Å². The van der Waals surface area contributed by atoms with Gasteiger partial charge in [0.15, 0.2) is 0 Å². The van der Waals surface area contributed by atoms with E-state index in [9.17, 15) is 29.0 Å². The summed E-state index contributed by atoms with van der Waals surface area (Å²) in [4.78, 5) is 33.3. The Hall–Kier alpha value is -4.25. The molecule has 0 bridgehead atoms. The van der Waals surface area contributed by atoms with E-state index in [1.54, 1.807) is 44.2 Å². The molecule has 2 aromatic carbocycles. The van der Waals surface area contributed by atoms with Crippen LogP contribution in [0.4, 0.5) is 19.3 Å². The molecule has 3 atom stereocenters. The molecule has 10 nitrogen and oxygen atoms in total. The van der Waals surface area contributed by atoms with Crippen molar-refractivity contribution in [2.45, 2.75) is 50.4 Å². The van der Waals surface area contributed by atoms with Crippen LogP contribution in [-0.2, 0) is 16.0 Å². The highest BCUT2D eigenvalue weighted by molar-refractivity contribution is 6.30. The smallest absolute Gasteiger partial charge is 0.409 e. The third kappa shape index (κ3) is 6.74. The molecule has 0 spiro atoms. The monoisotopic (exact) mass is 584 g/mol. The van der Waals surface area contributed by atoms with E-state index in [4.69, 9.17) is 16.3 Å². The number of benzene rings is 2. The van der Waals surface area contributed by atoms with Gasteiger partial charge in [-0.3, -0.25) is 14.7 Å². The molecular formula is C28H27ClF2N6O4. The molecular weight excluding hydrogens is 558 g/mol. The lowest BCUT2D eigenvalue weighted by molar-refractivity contribution is -0.117. The number of aromatic nitrogens is 1. The molecule has 2 heterocycles. The van der Waals surface area contributed by atoms with E-state index >= 15 is 0 Å². The number of hydrogen-bond acceptors (Lipinski definition) is 5. The van der Waals surface area contributed by atoms with Crippen LogP contribution in [0, 0.1) is 11.6 Å². The second kappa shape index (κ2) is 12.5. The molecule has 1 aliphatic heterocycles. The maximum Gasteiger partial charge on any atom is 0.409 e. The average molecular weight is 585 g/mol. The van der Waals surface area contributed by atoms with Crippen LogP contribution in [0.5, 0.6) is 0 Å². The molecule has 3 unspecified atom stereocenters. The lowest BCUT2D eigenvalue weighted by Crippen LogP contribution is -2.47. The molecule has 13 heteroatoms. The van der Waals surface area contributed by atoms with E-state index in [0.717, 1.165) is 6.20 Å². The van der Waals surface area contributed by atoms with Crippen molar-refractivity contribution in [3.8, 4) is 0 Å². The van der Waals surface area contributed by atoms with Crippen LogP contribution >= 0.6 is 11.6 Å². The lowest BCUT2D eigenvalue weighted by Gasteiger charge is -2.31. The van der Waals surface area contributed by atoms with Crippen molar-refractivity contribution >= 4 is 29.3 Å². The van der Waals surface area contributed by atoms with Gasteiger partial charge in [0.1, 0.15) is 23.4 Å². The van der Waals surface area contributed by atoms with E-state index < -0.39 is 47.4 Å². The van der Waals surface area contributed by atoms with Crippen molar-refractivity contribution < 1.29 is 28.2 Å². The van der Waals surface area contributed by atoms with Gasteiger partial charge >= 0.3 is 6.09 Å². The molecule has 214 valence electrons. The summed E-state index contributed by atoms with van der Waals surface area (Å²) < 4.78 is 34.8. The van der Waals surface area contributed by atoms with Crippen LogP contribution in [0.3, 0.4) is 0 Å². The molecule has 1 saturated heterocycles. The standard InChI is InChI=1S/C28H27ClF2N6O4/c1-28(2)37(27(39)40)20(15-41-28)10-11-21-22(31)13-33-14-23(21)34-26(38)25(35-36-32)24(16-6-8-18(29)9-7-16)17-4-3-5-19(30)12-17/h3-9,12-14,20,24-25H,10-11,15H2,1-2H3,(H,34,38)(H,39,40). The number of amides is 2. The Balaban J connectivity index is 1.64. The minimum absolute atomic E-state index is 0.0299. The second-order valence-electron chi connectivity index (χ2n) is 9.97. The number of pyridine rings is 1. The maximum atomic E-state index is 15.0. The third-order valence-electron chi connectivity index (χ3n) is 6.97. The van der Waals surface area contributed by atoms with E-state index in [-0.39, 0.29) is 30.7 Å². The Morgan fingerprint density at radius 3 is 2.63 bits per heavy atom. The molecule has 3 aromatic rings. The Labute approximate surface area is 239 Å². The van der Waals surface area contributed by atoms with Gasteiger partial charge in [-0.05, 0) is 67.6 Å². The molecule has 2 N–H and O–H groups in total. The highest BCUT2D eigenvalue weighted by atomic mass is 35.5.